The van der Waals surface area contributed by atoms with Gasteiger partial charge < -0.3 is 9.84 Å². The lowest BCUT2D eigenvalue weighted by atomic mass is 9.77. The average Bonchev–Trinajstić information content (AvgIpc) is 2.58. The van der Waals surface area contributed by atoms with Crippen LogP contribution >= 0.6 is 23.2 Å². The molecule has 0 saturated heterocycles. The zero-order valence-electron chi connectivity index (χ0n) is 16.0. The number of methoxy groups -OCH3 is 1. The summed E-state index contributed by atoms with van der Waals surface area (Å²) in [4.78, 5) is 0. The molecule has 0 heterocycles. The number of ether oxygens (including phenoxy) is 1. The van der Waals surface area contributed by atoms with Crippen molar-refractivity contribution < 1.29 is 27.4 Å². The summed E-state index contributed by atoms with van der Waals surface area (Å²) in [7, 11) is 1.34. The molecule has 0 aromatic heterocycles. The second kappa shape index (κ2) is 8.68. The molecular formula is C20H21Cl2F4NO2. The lowest BCUT2D eigenvalue weighted by Gasteiger charge is -2.39. The highest BCUT2D eigenvalue weighted by molar-refractivity contribution is 6.34. The van der Waals surface area contributed by atoms with E-state index in [0.29, 0.717) is 5.56 Å². The van der Waals surface area contributed by atoms with Gasteiger partial charge >= 0.3 is 6.18 Å². The predicted molar refractivity (Wildman–Crippen MR) is 105 cm³/mol. The molecule has 0 aliphatic heterocycles. The summed E-state index contributed by atoms with van der Waals surface area (Å²) in [6, 6.07) is 7.92. The van der Waals surface area contributed by atoms with Gasteiger partial charge in [-0.05, 0) is 47.4 Å². The molecule has 3 nitrogen and oxygen atoms in total. The lowest BCUT2D eigenvalue weighted by Crippen LogP contribution is -2.59. The number of alkyl halides is 3. The van der Waals surface area contributed by atoms with Gasteiger partial charge in [0.1, 0.15) is 11.6 Å². The Labute approximate surface area is 176 Å². The normalized spacial score (nSPS) is 14.6. The van der Waals surface area contributed by atoms with E-state index in [1.165, 1.54) is 45.2 Å². The highest BCUT2D eigenvalue weighted by atomic mass is 35.5. The quantitative estimate of drug-likeness (QED) is 0.408. The van der Waals surface area contributed by atoms with Crippen LogP contribution in [-0.4, -0.2) is 24.1 Å². The summed E-state index contributed by atoms with van der Waals surface area (Å²) in [5, 5.41) is 13.2. The summed E-state index contributed by atoms with van der Waals surface area (Å²) >= 11 is 11.8. The number of nitrogens with one attached hydrogen (secondary N) is 1. The number of hydrogen-bond acceptors (Lipinski definition) is 3. The molecule has 29 heavy (non-hydrogen) atoms. The van der Waals surface area contributed by atoms with E-state index < -0.39 is 29.6 Å². The van der Waals surface area contributed by atoms with Crippen molar-refractivity contribution in [3.63, 3.8) is 0 Å². The van der Waals surface area contributed by atoms with Crippen LogP contribution in [0.2, 0.25) is 10.0 Å². The van der Waals surface area contributed by atoms with Crippen LogP contribution in [0.3, 0.4) is 0 Å². The van der Waals surface area contributed by atoms with E-state index in [2.05, 4.69) is 5.32 Å². The fraction of sp³-hybridized carbons (Fsp3) is 0.400. The third-order valence-electron chi connectivity index (χ3n) is 4.56. The van der Waals surface area contributed by atoms with Gasteiger partial charge in [-0.2, -0.15) is 13.2 Å². The Morgan fingerprint density at radius 1 is 1.03 bits per heavy atom. The van der Waals surface area contributed by atoms with Crippen molar-refractivity contribution in [1.29, 1.82) is 0 Å². The minimum absolute atomic E-state index is 0.204. The van der Waals surface area contributed by atoms with Crippen molar-refractivity contribution in [1.82, 2.24) is 5.32 Å². The van der Waals surface area contributed by atoms with Gasteiger partial charge in [-0.3, -0.25) is 5.32 Å². The summed E-state index contributed by atoms with van der Waals surface area (Å²) < 4.78 is 60.3. The molecule has 0 fully saturated rings. The third-order valence-corrected chi connectivity index (χ3v) is 5.00. The average molecular weight is 454 g/mol. The molecule has 0 aliphatic carbocycles. The summed E-state index contributed by atoms with van der Waals surface area (Å²) in [5.41, 5.74) is -3.99. The van der Waals surface area contributed by atoms with Gasteiger partial charge in [-0.1, -0.05) is 37.0 Å². The van der Waals surface area contributed by atoms with Crippen molar-refractivity contribution >= 4 is 23.2 Å². The van der Waals surface area contributed by atoms with Crippen molar-refractivity contribution in [2.75, 3.05) is 7.11 Å². The van der Waals surface area contributed by atoms with E-state index in [1.54, 1.807) is 0 Å². The largest absolute Gasteiger partial charge is 0.496 e. The molecule has 2 aromatic rings. The second-order valence-electron chi connectivity index (χ2n) is 7.39. The highest BCUT2D eigenvalue weighted by Crippen LogP contribution is 2.42. The van der Waals surface area contributed by atoms with Crippen LogP contribution in [0.15, 0.2) is 36.4 Å². The van der Waals surface area contributed by atoms with Crippen molar-refractivity contribution in [2.24, 2.45) is 0 Å². The Morgan fingerprint density at radius 2 is 1.62 bits per heavy atom. The SMILES string of the molecule is COc1ccc(F)cc1C(C)(C)CC(O)(NCc1cc(Cl)cc(Cl)c1)C(F)(F)F. The number of rotatable bonds is 7. The van der Waals surface area contributed by atoms with Gasteiger partial charge in [0.05, 0.1) is 7.11 Å². The van der Waals surface area contributed by atoms with Crippen LogP contribution in [0, 0.1) is 5.82 Å². The van der Waals surface area contributed by atoms with Gasteiger partial charge in [0.25, 0.3) is 0 Å². The molecule has 0 aliphatic rings. The van der Waals surface area contributed by atoms with Gasteiger partial charge in [-0.25, -0.2) is 4.39 Å². The van der Waals surface area contributed by atoms with Crippen LogP contribution in [-0.2, 0) is 12.0 Å². The van der Waals surface area contributed by atoms with Gasteiger partial charge in [0.15, 0.2) is 0 Å². The molecule has 0 radical (unpaired) electrons. The molecule has 9 heteroatoms. The van der Waals surface area contributed by atoms with Gasteiger partial charge in [-0.15, -0.1) is 0 Å². The Morgan fingerprint density at radius 3 is 2.14 bits per heavy atom. The second-order valence-corrected chi connectivity index (χ2v) is 8.27. The van der Waals surface area contributed by atoms with Crippen molar-refractivity contribution in [3.05, 3.63) is 63.4 Å². The van der Waals surface area contributed by atoms with E-state index in [1.807, 2.05) is 0 Å². The third kappa shape index (κ3) is 5.75. The summed E-state index contributed by atoms with van der Waals surface area (Å²) in [6.45, 7) is 2.60. The van der Waals surface area contributed by atoms with Crippen molar-refractivity contribution in [2.45, 2.75) is 44.1 Å². The molecule has 2 aromatic carbocycles. The smallest absolute Gasteiger partial charge is 0.431 e. The Bertz CT molecular complexity index is 854. The first-order chi connectivity index (χ1) is 13.3. The Kier molecular flexibility index (Phi) is 7.10. The fourth-order valence-corrected chi connectivity index (χ4v) is 3.74. The first-order valence-electron chi connectivity index (χ1n) is 8.60. The molecule has 0 amide bonds. The molecule has 2 rings (SSSR count). The monoisotopic (exact) mass is 453 g/mol. The molecule has 160 valence electrons. The van der Waals surface area contributed by atoms with E-state index in [0.717, 1.165) is 12.1 Å². The Hall–Kier alpha value is -1.54. The number of benzene rings is 2. The molecule has 0 spiro atoms. The Balaban J connectivity index is 2.35. The number of hydrogen-bond donors (Lipinski definition) is 2. The zero-order chi connectivity index (χ0) is 22.0. The van der Waals surface area contributed by atoms with E-state index in [4.69, 9.17) is 27.9 Å². The van der Waals surface area contributed by atoms with Crippen LogP contribution in [0.5, 0.6) is 5.75 Å². The number of aliphatic hydroxyl groups is 1. The summed E-state index contributed by atoms with van der Waals surface area (Å²) in [6.07, 6.45) is -5.80. The van der Waals surface area contributed by atoms with Crippen LogP contribution < -0.4 is 10.1 Å². The highest BCUT2D eigenvalue weighted by Gasteiger charge is 2.56. The van der Waals surface area contributed by atoms with Crippen molar-refractivity contribution in [3.8, 4) is 5.75 Å². The van der Waals surface area contributed by atoms with Crippen LogP contribution in [0.25, 0.3) is 0 Å². The van der Waals surface area contributed by atoms with Gasteiger partial charge in [0, 0.05) is 28.6 Å². The topological polar surface area (TPSA) is 41.5 Å². The maximum atomic E-state index is 13.8. The maximum Gasteiger partial charge on any atom is 0.431 e. The minimum Gasteiger partial charge on any atom is -0.496 e. The minimum atomic E-state index is -5.01. The predicted octanol–water partition coefficient (Wildman–Crippen LogP) is 5.85. The van der Waals surface area contributed by atoms with Gasteiger partial charge in [0.2, 0.25) is 5.72 Å². The first-order valence-corrected chi connectivity index (χ1v) is 9.36. The molecule has 1 atom stereocenters. The first kappa shape index (κ1) is 23.7. The van der Waals surface area contributed by atoms with E-state index >= 15 is 0 Å². The lowest BCUT2D eigenvalue weighted by molar-refractivity contribution is -0.280. The fourth-order valence-electron chi connectivity index (χ4n) is 3.17. The molecule has 0 bridgehead atoms. The molecule has 2 N–H and O–H groups in total. The standard InChI is InChI=1S/C20H21Cl2F4NO2/c1-18(2,16-9-15(23)4-5-17(16)29-3)11-19(28,20(24,25)26)27-10-12-6-13(21)8-14(22)7-12/h4-9,27-28H,10-11H2,1-3H3. The zero-order valence-corrected chi connectivity index (χ0v) is 17.5. The molecule has 0 saturated carbocycles. The van der Waals surface area contributed by atoms with E-state index in [-0.39, 0.29) is 27.9 Å². The maximum absolute atomic E-state index is 13.8. The van der Waals surface area contributed by atoms with Crippen LogP contribution in [0.1, 0.15) is 31.4 Å². The van der Waals surface area contributed by atoms with E-state index in [9.17, 15) is 22.7 Å². The number of halogens is 6. The summed E-state index contributed by atoms with van der Waals surface area (Å²) in [5.74, 6) is -0.395. The molecular weight excluding hydrogens is 433 g/mol. The van der Waals surface area contributed by atoms with Crippen LogP contribution in [0.4, 0.5) is 17.6 Å². The molecule has 1 unspecified atom stereocenters.